The third-order valence-corrected chi connectivity index (χ3v) is 3.29. The van der Waals surface area contributed by atoms with E-state index in [1.807, 2.05) is 25.1 Å². The summed E-state index contributed by atoms with van der Waals surface area (Å²) in [5.74, 6) is 0.0787. The lowest BCUT2D eigenvalue weighted by molar-refractivity contribution is 0.0992. The third-order valence-electron chi connectivity index (χ3n) is 1.60. The van der Waals surface area contributed by atoms with Crippen LogP contribution in [0.2, 0.25) is 0 Å². The first-order valence-electron chi connectivity index (χ1n) is 3.69. The fourth-order valence-corrected chi connectivity index (χ4v) is 2.48. The first-order chi connectivity index (χ1) is 6.04. The second-order valence-corrected chi connectivity index (χ2v) is 5.63. The van der Waals surface area contributed by atoms with Gasteiger partial charge in [-0.25, -0.2) is 0 Å². The molecule has 1 nitrogen and oxygen atoms in total. The number of hydrogen-bond donors (Lipinski definition) is 1. The highest BCUT2D eigenvalue weighted by Crippen LogP contribution is 2.23. The Morgan fingerprint density at radius 3 is 2.69 bits per heavy atom. The van der Waals surface area contributed by atoms with Crippen molar-refractivity contribution in [3.63, 3.8) is 0 Å². The van der Waals surface area contributed by atoms with E-state index in [0.717, 1.165) is 8.47 Å². The molecule has 0 aliphatic rings. The molecule has 0 spiro atoms. The molecule has 0 amide bonds. The van der Waals surface area contributed by atoms with Crippen molar-refractivity contribution >= 4 is 56.9 Å². The summed E-state index contributed by atoms with van der Waals surface area (Å²) >= 11 is 9.66. The summed E-state index contributed by atoms with van der Waals surface area (Å²) in [4.78, 5) is 12.3. The molecule has 1 rings (SSSR count). The van der Waals surface area contributed by atoms with Crippen LogP contribution in [0.15, 0.2) is 23.1 Å². The minimum atomic E-state index is -0.158. The quantitative estimate of drug-likeness (QED) is 0.364. The molecule has 0 radical (unpaired) electrons. The smallest absolute Gasteiger partial charge is 0.178 e. The maximum Gasteiger partial charge on any atom is 0.178 e. The number of alkyl halides is 1. The number of hydrogen-bond acceptors (Lipinski definition) is 2. The van der Waals surface area contributed by atoms with Crippen LogP contribution in [0.4, 0.5) is 0 Å². The van der Waals surface area contributed by atoms with Crippen molar-refractivity contribution < 1.29 is 4.79 Å². The number of benzene rings is 1. The Balaban J connectivity index is 3.20. The zero-order valence-corrected chi connectivity index (χ0v) is 11.6. The largest absolute Gasteiger partial charge is 0.293 e. The van der Waals surface area contributed by atoms with Gasteiger partial charge in [-0.3, -0.25) is 4.79 Å². The van der Waals surface area contributed by atoms with E-state index >= 15 is 0 Å². The molecular weight excluding hydrogens is 363 g/mol. The van der Waals surface area contributed by atoms with Gasteiger partial charge in [-0.05, 0) is 41.6 Å². The van der Waals surface area contributed by atoms with Crippen molar-refractivity contribution in [2.75, 3.05) is 0 Å². The maximum atomic E-state index is 11.7. The molecule has 0 N–H and O–H groups in total. The molecule has 1 unspecified atom stereocenters. The van der Waals surface area contributed by atoms with Gasteiger partial charge in [0, 0.05) is 14.0 Å². The van der Waals surface area contributed by atoms with Gasteiger partial charge >= 0.3 is 0 Å². The number of carbonyl (C=O) groups is 1. The average Bonchev–Trinajstić information content (AvgIpc) is 2.03. The highest BCUT2D eigenvalue weighted by atomic mass is 127. The van der Waals surface area contributed by atoms with Crippen molar-refractivity contribution in [2.24, 2.45) is 0 Å². The van der Waals surface area contributed by atoms with Crippen LogP contribution in [-0.4, -0.2) is 10.6 Å². The number of rotatable bonds is 2. The topological polar surface area (TPSA) is 17.1 Å². The van der Waals surface area contributed by atoms with Gasteiger partial charge in [-0.15, -0.1) is 12.6 Å². The molecule has 0 aliphatic carbocycles. The van der Waals surface area contributed by atoms with Crippen LogP contribution >= 0.6 is 51.1 Å². The Morgan fingerprint density at radius 2 is 2.23 bits per heavy atom. The van der Waals surface area contributed by atoms with Gasteiger partial charge in [-0.1, -0.05) is 22.0 Å². The van der Waals surface area contributed by atoms with E-state index in [1.165, 1.54) is 0 Å². The van der Waals surface area contributed by atoms with E-state index in [1.54, 1.807) is 0 Å². The lowest BCUT2D eigenvalue weighted by atomic mass is 10.1. The maximum absolute atomic E-state index is 11.7. The first kappa shape index (κ1) is 11.5. The van der Waals surface area contributed by atoms with Crippen molar-refractivity contribution in [3.8, 4) is 0 Å². The van der Waals surface area contributed by atoms with Gasteiger partial charge in [-0.2, -0.15) is 0 Å². The summed E-state index contributed by atoms with van der Waals surface area (Å²) in [6.45, 7) is 1.82. The zero-order valence-electron chi connectivity index (χ0n) is 6.92. The molecule has 0 bridgehead atoms. The zero-order chi connectivity index (χ0) is 10.0. The molecule has 70 valence electrons. The predicted octanol–water partition coefficient (Wildman–Crippen LogP) is 3.55. The predicted molar refractivity (Wildman–Crippen MR) is 69.1 cm³/mol. The van der Waals surface area contributed by atoms with Gasteiger partial charge in [0.1, 0.15) is 0 Å². The molecule has 1 aromatic rings. The van der Waals surface area contributed by atoms with Crippen LogP contribution < -0.4 is 0 Å². The van der Waals surface area contributed by atoms with Crippen LogP contribution in [0.3, 0.4) is 0 Å². The summed E-state index contributed by atoms with van der Waals surface area (Å²) in [7, 11) is 0. The monoisotopic (exact) mass is 370 g/mol. The van der Waals surface area contributed by atoms with E-state index in [2.05, 4.69) is 51.1 Å². The molecule has 13 heavy (non-hydrogen) atoms. The molecule has 1 aromatic carbocycles. The normalized spacial score (nSPS) is 12.6. The lowest BCUT2D eigenvalue weighted by Crippen LogP contribution is -2.12. The summed E-state index contributed by atoms with van der Waals surface area (Å²) in [5.41, 5.74) is 0.704. The van der Waals surface area contributed by atoms with E-state index < -0.39 is 0 Å². The second kappa shape index (κ2) is 4.79. The van der Waals surface area contributed by atoms with Crippen LogP contribution in [0.5, 0.6) is 0 Å². The number of Topliss-reactive ketones (excluding diaryl/α,β-unsaturated/α-hetero) is 1. The first-order valence-corrected chi connectivity index (χ1v) is 6.14. The van der Waals surface area contributed by atoms with Crippen molar-refractivity contribution in [1.29, 1.82) is 0 Å². The molecule has 0 fully saturated rings. The molecule has 0 aromatic heterocycles. The van der Waals surface area contributed by atoms with Gasteiger partial charge < -0.3 is 0 Å². The number of ketones is 1. The van der Waals surface area contributed by atoms with Gasteiger partial charge in [0.2, 0.25) is 0 Å². The van der Waals surface area contributed by atoms with Gasteiger partial charge in [0.15, 0.2) is 5.78 Å². The van der Waals surface area contributed by atoms with E-state index in [4.69, 9.17) is 0 Å². The SMILES string of the molecule is CC(Br)C(=O)c1c(S)cccc1I. The van der Waals surface area contributed by atoms with Crippen LogP contribution in [-0.2, 0) is 0 Å². The van der Waals surface area contributed by atoms with E-state index in [-0.39, 0.29) is 10.6 Å². The van der Waals surface area contributed by atoms with E-state index in [0.29, 0.717) is 5.56 Å². The number of carbonyl (C=O) groups excluding carboxylic acids is 1. The molecule has 0 heterocycles. The number of thiol groups is 1. The fourth-order valence-electron chi connectivity index (χ4n) is 0.956. The fraction of sp³-hybridized carbons (Fsp3) is 0.222. The molecule has 0 saturated carbocycles. The lowest BCUT2D eigenvalue weighted by Gasteiger charge is -2.07. The standard InChI is InChI=1S/C9H8BrIOS/c1-5(10)9(12)8-6(11)3-2-4-7(8)13/h2-5,13H,1H3. The molecule has 0 saturated heterocycles. The molecular formula is C9H8BrIOS. The summed E-state index contributed by atoms with van der Waals surface area (Å²) in [6, 6.07) is 5.62. The highest BCUT2D eigenvalue weighted by molar-refractivity contribution is 14.1. The molecule has 0 aliphatic heterocycles. The Hall–Kier alpha value is 0.450. The Kier molecular flexibility index (Phi) is 4.25. The minimum Gasteiger partial charge on any atom is -0.293 e. The van der Waals surface area contributed by atoms with Crippen molar-refractivity contribution in [3.05, 3.63) is 27.3 Å². The van der Waals surface area contributed by atoms with Gasteiger partial charge in [0.25, 0.3) is 0 Å². The summed E-state index contributed by atoms with van der Waals surface area (Å²) in [5, 5.41) is 0. The van der Waals surface area contributed by atoms with Crippen molar-refractivity contribution in [2.45, 2.75) is 16.6 Å². The van der Waals surface area contributed by atoms with Crippen LogP contribution in [0.1, 0.15) is 17.3 Å². The van der Waals surface area contributed by atoms with Crippen molar-refractivity contribution in [1.82, 2.24) is 0 Å². The van der Waals surface area contributed by atoms with Crippen LogP contribution in [0.25, 0.3) is 0 Å². The minimum absolute atomic E-state index is 0.0787. The van der Waals surface area contributed by atoms with Gasteiger partial charge in [0.05, 0.1) is 4.83 Å². The second-order valence-electron chi connectivity index (χ2n) is 2.61. The average molecular weight is 371 g/mol. The summed E-state index contributed by atoms with van der Waals surface area (Å²) < 4.78 is 0.946. The Bertz CT molecular complexity index is 318. The van der Waals surface area contributed by atoms with Crippen LogP contribution in [0, 0.1) is 3.57 Å². The molecule has 1 atom stereocenters. The van der Waals surface area contributed by atoms with E-state index in [9.17, 15) is 4.79 Å². The number of halogens is 2. The Morgan fingerprint density at radius 1 is 1.62 bits per heavy atom. The molecule has 4 heteroatoms. The Labute approximate surface area is 105 Å². The summed E-state index contributed by atoms with van der Waals surface area (Å²) in [6.07, 6.45) is 0. The third kappa shape index (κ3) is 2.70. The highest BCUT2D eigenvalue weighted by Gasteiger charge is 2.17.